The Morgan fingerprint density at radius 1 is 1.46 bits per heavy atom. The standard InChI is InChI=1S/C11H20O2/c1-11(6-3-4-8-13-2)7-5-10(12)9-11/h3-9H2,1-2H3. The van der Waals surface area contributed by atoms with Crippen LogP contribution in [0, 0.1) is 5.41 Å². The first kappa shape index (κ1) is 10.7. The zero-order chi connectivity index (χ0) is 9.73. The number of methoxy groups -OCH3 is 1. The molecule has 2 nitrogen and oxygen atoms in total. The van der Waals surface area contributed by atoms with Gasteiger partial charge in [0, 0.05) is 26.6 Å². The highest BCUT2D eigenvalue weighted by Gasteiger charge is 2.32. The Morgan fingerprint density at radius 3 is 2.77 bits per heavy atom. The molecule has 1 rings (SSSR count). The lowest BCUT2D eigenvalue weighted by atomic mass is 9.83. The molecule has 0 spiro atoms. The van der Waals surface area contributed by atoms with E-state index in [1.165, 1.54) is 12.8 Å². The van der Waals surface area contributed by atoms with Gasteiger partial charge < -0.3 is 4.74 Å². The first-order valence-electron chi connectivity index (χ1n) is 5.17. The van der Waals surface area contributed by atoms with Crippen LogP contribution in [0.4, 0.5) is 0 Å². The summed E-state index contributed by atoms with van der Waals surface area (Å²) in [5, 5.41) is 0. The minimum absolute atomic E-state index is 0.310. The van der Waals surface area contributed by atoms with Gasteiger partial charge in [0.25, 0.3) is 0 Å². The zero-order valence-electron chi connectivity index (χ0n) is 8.77. The van der Waals surface area contributed by atoms with E-state index in [1.807, 2.05) is 0 Å². The first-order valence-corrected chi connectivity index (χ1v) is 5.17. The first-order chi connectivity index (χ1) is 6.16. The van der Waals surface area contributed by atoms with Crippen molar-refractivity contribution in [2.45, 2.75) is 45.4 Å². The molecule has 0 aromatic carbocycles. The van der Waals surface area contributed by atoms with Crippen LogP contribution in [-0.4, -0.2) is 19.5 Å². The summed E-state index contributed by atoms with van der Waals surface area (Å²) < 4.78 is 4.99. The largest absolute Gasteiger partial charge is 0.385 e. The number of ether oxygens (including phenoxy) is 1. The summed E-state index contributed by atoms with van der Waals surface area (Å²) in [6, 6.07) is 0. The summed E-state index contributed by atoms with van der Waals surface area (Å²) in [6.45, 7) is 3.09. The number of carbonyl (C=O) groups excluding carboxylic acids is 1. The molecule has 1 saturated carbocycles. The van der Waals surface area contributed by atoms with E-state index in [1.54, 1.807) is 7.11 Å². The molecule has 1 atom stereocenters. The molecule has 0 radical (unpaired) electrons. The summed E-state index contributed by atoms with van der Waals surface area (Å²) in [6.07, 6.45) is 6.21. The summed E-state index contributed by atoms with van der Waals surface area (Å²) >= 11 is 0. The Kier molecular flexibility index (Phi) is 3.91. The van der Waals surface area contributed by atoms with Crippen LogP contribution in [0.1, 0.15) is 45.4 Å². The van der Waals surface area contributed by atoms with Crippen molar-refractivity contribution < 1.29 is 9.53 Å². The molecular weight excluding hydrogens is 164 g/mol. The molecule has 76 valence electrons. The van der Waals surface area contributed by atoms with Crippen molar-refractivity contribution in [3.63, 3.8) is 0 Å². The number of rotatable bonds is 5. The van der Waals surface area contributed by atoms with Crippen molar-refractivity contribution in [3.05, 3.63) is 0 Å². The van der Waals surface area contributed by atoms with Crippen molar-refractivity contribution in [2.24, 2.45) is 5.41 Å². The normalized spacial score (nSPS) is 28.3. The van der Waals surface area contributed by atoms with Gasteiger partial charge in [0.15, 0.2) is 0 Å². The van der Waals surface area contributed by atoms with Crippen molar-refractivity contribution in [1.82, 2.24) is 0 Å². The van der Waals surface area contributed by atoms with Crippen molar-refractivity contribution in [2.75, 3.05) is 13.7 Å². The molecule has 0 amide bonds. The van der Waals surface area contributed by atoms with Gasteiger partial charge in [-0.3, -0.25) is 4.79 Å². The molecule has 1 aliphatic rings. The average Bonchev–Trinajstić information content (AvgIpc) is 2.41. The Hall–Kier alpha value is -0.370. The van der Waals surface area contributed by atoms with Gasteiger partial charge in [0.2, 0.25) is 0 Å². The third-order valence-corrected chi connectivity index (χ3v) is 3.01. The molecule has 0 aromatic heterocycles. The minimum Gasteiger partial charge on any atom is -0.385 e. The highest BCUT2D eigenvalue weighted by atomic mass is 16.5. The molecule has 1 fully saturated rings. The number of hydrogen-bond donors (Lipinski definition) is 0. The lowest BCUT2D eigenvalue weighted by Crippen LogP contribution is -2.12. The van der Waals surface area contributed by atoms with Crippen LogP contribution in [-0.2, 0) is 9.53 Å². The van der Waals surface area contributed by atoms with Crippen LogP contribution >= 0.6 is 0 Å². The van der Waals surface area contributed by atoms with E-state index in [4.69, 9.17) is 4.74 Å². The fourth-order valence-corrected chi connectivity index (χ4v) is 2.11. The second-order valence-electron chi connectivity index (χ2n) is 4.48. The van der Waals surface area contributed by atoms with Gasteiger partial charge in [-0.05, 0) is 24.7 Å². The molecule has 0 N–H and O–H groups in total. The molecule has 0 aliphatic heterocycles. The van der Waals surface area contributed by atoms with Gasteiger partial charge in [0.05, 0.1) is 0 Å². The van der Waals surface area contributed by atoms with Crippen LogP contribution in [0.5, 0.6) is 0 Å². The molecule has 2 heteroatoms. The summed E-state index contributed by atoms with van der Waals surface area (Å²) in [5.74, 6) is 0.453. The van der Waals surface area contributed by atoms with E-state index in [9.17, 15) is 4.79 Å². The maximum absolute atomic E-state index is 11.1. The second kappa shape index (κ2) is 4.75. The molecule has 13 heavy (non-hydrogen) atoms. The Labute approximate surface area is 80.7 Å². The smallest absolute Gasteiger partial charge is 0.133 e. The maximum atomic E-state index is 11.1. The number of carbonyl (C=O) groups is 1. The van der Waals surface area contributed by atoms with Gasteiger partial charge in [-0.25, -0.2) is 0 Å². The lowest BCUT2D eigenvalue weighted by Gasteiger charge is -2.21. The van der Waals surface area contributed by atoms with Crippen LogP contribution < -0.4 is 0 Å². The summed E-state index contributed by atoms with van der Waals surface area (Å²) in [7, 11) is 1.74. The van der Waals surface area contributed by atoms with Gasteiger partial charge >= 0.3 is 0 Å². The van der Waals surface area contributed by atoms with E-state index in [2.05, 4.69) is 6.92 Å². The molecule has 1 aliphatic carbocycles. The van der Waals surface area contributed by atoms with E-state index in [0.29, 0.717) is 11.2 Å². The summed E-state index contributed by atoms with van der Waals surface area (Å²) in [4.78, 5) is 11.1. The second-order valence-corrected chi connectivity index (χ2v) is 4.48. The molecule has 0 saturated heterocycles. The van der Waals surface area contributed by atoms with Crippen molar-refractivity contribution in [3.8, 4) is 0 Å². The molecule has 0 heterocycles. The number of unbranched alkanes of at least 4 members (excludes halogenated alkanes) is 1. The Balaban J connectivity index is 2.16. The highest BCUT2D eigenvalue weighted by molar-refractivity contribution is 5.81. The van der Waals surface area contributed by atoms with Gasteiger partial charge in [0.1, 0.15) is 5.78 Å². The predicted octanol–water partition coefficient (Wildman–Crippen LogP) is 2.56. The minimum atomic E-state index is 0.310. The topological polar surface area (TPSA) is 26.3 Å². The third-order valence-electron chi connectivity index (χ3n) is 3.01. The molecule has 1 unspecified atom stereocenters. The SMILES string of the molecule is COCCCCC1(C)CCC(=O)C1. The zero-order valence-corrected chi connectivity index (χ0v) is 8.77. The third kappa shape index (κ3) is 3.47. The average molecular weight is 184 g/mol. The monoisotopic (exact) mass is 184 g/mol. The van der Waals surface area contributed by atoms with Crippen LogP contribution in [0.3, 0.4) is 0 Å². The van der Waals surface area contributed by atoms with Gasteiger partial charge in [-0.1, -0.05) is 13.3 Å². The van der Waals surface area contributed by atoms with E-state index in [0.717, 1.165) is 32.3 Å². The van der Waals surface area contributed by atoms with Gasteiger partial charge in [-0.2, -0.15) is 0 Å². The molecule has 0 aromatic rings. The van der Waals surface area contributed by atoms with Gasteiger partial charge in [-0.15, -0.1) is 0 Å². The van der Waals surface area contributed by atoms with Crippen molar-refractivity contribution in [1.29, 1.82) is 0 Å². The van der Waals surface area contributed by atoms with Crippen molar-refractivity contribution >= 4 is 5.78 Å². The Morgan fingerprint density at radius 2 is 2.23 bits per heavy atom. The number of hydrogen-bond acceptors (Lipinski definition) is 2. The van der Waals surface area contributed by atoms with E-state index >= 15 is 0 Å². The maximum Gasteiger partial charge on any atom is 0.133 e. The van der Waals surface area contributed by atoms with Crippen LogP contribution in [0.25, 0.3) is 0 Å². The predicted molar refractivity (Wildman–Crippen MR) is 52.7 cm³/mol. The molecular formula is C11H20O2. The summed E-state index contributed by atoms with van der Waals surface area (Å²) in [5.41, 5.74) is 0.310. The quantitative estimate of drug-likeness (QED) is 0.614. The fraction of sp³-hybridized carbons (Fsp3) is 0.909. The number of ketones is 1. The van der Waals surface area contributed by atoms with E-state index < -0.39 is 0 Å². The lowest BCUT2D eigenvalue weighted by molar-refractivity contribution is -0.118. The fourth-order valence-electron chi connectivity index (χ4n) is 2.11. The molecule has 0 bridgehead atoms. The Bertz CT molecular complexity index is 177. The number of Topliss-reactive ketones (excluding diaryl/α,β-unsaturated/α-hetero) is 1. The highest BCUT2D eigenvalue weighted by Crippen LogP contribution is 2.39. The van der Waals surface area contributed by atoms with E-state index in [-0.39, 0.29) is 0 Å². The van der Waals surface area contributed by atoms with Crippen LogP contribution in [0.15, 0.2) is 0 Å². The van der Waals surface area contributed by atoms with Crippen LogP contribution in [0.2, 0.25) is 0 Å².